The molecule has 0 aliphatic rings. The van der Waals surface area contributed by atoms with E-state index in [1.165, 1.54) is 6.07 Å². The first-order valence-electron chi connectivity index (χ1n) is 5.76. The van der Waals surface area contributed by atoms with Crippen LogP contribution < -0.4 is 4.74 Å². The van der Waals surface area contributed by atoms with Crippen LogP contribution in [0.3, 0.4) is 0 Å². The first-order chi connectivity index (χ1) is 9.66. The van der Waals surface area contributed by atoms with Gasteiger partial charge in [0.1, 0.15) is 5.75 Å². The van der Waals surface area contributed by atoms with Crippen LogP contribution in [0.2, 0.25) is 0 Å². The zero-order chi connectivity index (χ0) is 14.1. The van der Waals surface area contributed by atoms with E-state index in [9.17, 15) is 8.78 Å². The summed E-state index contributed by atoms with van der Waals surface area (Å²) in [5.74, 6) is 0.0660. The summed E-state index contributed by atoms with van der Waals surface area (Å²) in [6.07, 6.45) is 3.23. The van der Waals surface area contributed by atoms with Gasteiger partial charge in [-0.15, -0.1) is 0 Å². The third-order valence-electron chi connectivity index (χ3n) is 2.81. The molecule has 0 fully saturated rings. The summed E-state index contributed by atoms with van der Waals surface area (Å²) in [5.41, 5.74) is 1.93. The fraction of sp³-hybridized carbons (Fsp3) is 0.0769. The van der Waals surface area contributed by atoms with E-state index in [1.54, 1.807) is 41.2 Å². The molecule has 0 amide bonds. The van der Waals surface area contributed by atoms with Gasteiger partial charge in [-0.3, -0.25) is 9.55 Å². The van der Waals surface area contributed by atoms with Crippen LogP contribution in [0.5, 0.6) is 5.75 Å². The van der Waals surface area contributed by atoms with Gasteiger partial charge in [0.05, 0.1) is 22.9 Å². The molecule has 0 spiro atoms. The fourth-order valence-corrected chi connectivity index (χ4v) is 2.34. The van der Waals surface area contributed by atoms with E-state index in [0.29, 0.717) is 10.5 Å². The van der Waals surface area contributed by atoms with Crippen LogP contribution in [-0.2, 0) is 0 Å². The molecule has 0 atom stereocenters. The Kier molecular flexibility index (Phi) is 3.19. The number of rotatable bonds is 3. The molecular weight excluding hydrogens is 284 g/mol. The molecule has 20 heavy (non-hydrogen) atoms. The van der Waals surface area contributed by atoms with E-state index in [-0.39, 0.29) is 5.75 Å². The smallest absolute Gasteiger partial charge is 0.387 e. The number of ether oxygens (including phenoxy) is 1. The second kappa shape index (κ2) is 5.01. The minimum absolute atomic E-state index is 0.0660. The average Bonchev–Trinajstić information content (AvgIpc) is 2.75. The number of nitrogens with one attached hydrogen (secondary N) is 1. The van der Waals surface area contributed by atoms with E-state index in [4.69, 9.17) is 12.2 Å². The number of pyridine rings is 1. The summed E-state index contributed by atoms with van der Waals surface area (Å²) in [5, 5.41) is 0. The van der Waals surface area contributed by atoms with E-state index < -0.39 is 6.61 Å². The number of aromatic nitrogens is 3. The highest BCUT2D eigenvalue weighted by atomic mass is 32.1. The quantitative estimate of drug-likeness (QED) is 0.749. The Balaban J connectivity index is 2.26. The Morgan fingerprint density at radius 3 is 2.85 bits per heavy atom. The summed E-state index contributed by atoms with van der Waals surface area (Å²) < 4.78 is 31.5. The largest absolute Gasteiger partial charge is 0.433 e. The molecule has 3 aromatic rings. The highest BCUT2D eigenvalue weighted by Gasteiger charge is 2.13. The third kappa shape index (κ3) is 2.16. The van der Waals surface area contributed by atoms with Gasteiger partial charge in [0.2, 0.25) is 0 Å². The zero-order valence-corrected chi connectivity index (χ0v) is 10.9. The number of nitrogens with zero attached hydrogens (tertiary/aromatic N) is 2. The zero-order valence-electron chi connectivity index (χ0n) is 10.1. The number of imidazole rings is 1. The average molecular weight is 293 g/mol. The SMILES string of the molecule is FC(F)Oc1ccccc1-n1c(=S)[nH]c2cnccc21. The second-order valence-corrected chi connectivity index (χ2v) is 4.39. The van der Waals surface area contributed by atoms with E-state index >= 15 is 0 Å². The Bertz CT molecular complexity index is 812. The van der Waals surface area contributed by atoms with Gasteiger partial charge in [-0.1, -0.05) is 12.1 Å². The van der Waals surface area contributed by atoms with Gasteiger partial charge < -0.3 is 9.72 Å². The predicted molar refractivity (Wildman–Crippen MR) is 72.9 cm³/mol. The van der Waals surface area contributed by atoms with Crippen LogP contribution in [0.1, 0.15) is 0 Å². The van der Waals surface area contributed by atoms with Crippen LogP contribution in [0.25, 0.3) is 16.7 Å². The monoisotopic (exact) mass is 293 g/mol. The van der Waals surface area contributed by atoms with Crippen LogP contribution >= 0.6 is 12.2 Å². The van der Waals surface area contributed by atoms with Gasteiger partial charge in [-0.2, -0.15) is 8.78 Å². The molecule has 2 heterocycles. The molecule has 7 heteroatoms. The number of hydrogen-bond acceptors (Lipinski definition) is 3. The van der Waals surface area contributed by atoms with Crippen LogP contribution in [-0.4, -0.2) is 21.1 Å². The van der Waals surface area contributed by atoms with Gasteiger partial charge in [0, 0.05) is 6.20 Å². The number of fused-ring (bicyclic) bond motifs is 1. The molecule has 1 aromatic carbocycles. The van der Waals surface area contributed by atoms with Gasteiger partial charge in [-0.05, 0) is 30.4 Å². The lowest BCUT2D eigenvalue weighted by molar-refractivity contribution is -0.0498. The number of halogens is 2. The third-order valence-corrected chi connectivity index (χ3v) is 3.09. The van der Waals surface area contributed by atoms with Crippen molar-refractivity contribution in [2.24, 2.45) is 0 Å². The van der Waals surface area contributed by atoms with Crippen LogP contribution in [0.15, 0.2) is 42.7 Å². The van der Waals surface area contributed by atoms with Gasteiger partial charge in [0.25, 0.3) is 0 Å². The van der Waals surface area contributed by atoms with E-state index in [1.807, 2.05) is 0 Å². The number of hydrogen-bond donors (Lipinski definition) is 1. The number of alkyl halides is 2. The van der Waals surface area contributed by atoms with Gasteiger partial charge >= 0.3 is 6.61 Å². The Hall–Kier alpha value is -2.28. The molecule has 2 aromatic heterocycles. The Morgan fingerprint density at radius 2 is 2.05 bits per heavy atom. The van der Waals surface area contributed by atoms with Crippen molar-refractivity contribution in [3.63, 3.8) is 0 Å². The minimum Gasteiger partial charge on any atom is -0.433 e. The lowest BCUT2D eigenvalue weighted by atomic mass is 10.3. The first kappa shape index (κ1) is 12.7. The molecule has 3 rings (SSSR count). The van der Waals surface area contributed by atoms with E-state index in [2.05, 4.69) is 14.7 Å². The summed E-state index contributed by atoms with van der Waals surface area (Å²) in [7, 11) is 0. The van der Waals surface area contributed by atoms with Crippen LogP contribution in [0, 0.1) is 4.77 Å². The summed E-state index contributed by atoms with van der Waals surface area (Å²) in [4.78, 5) is 6.97. The maximum atomic E-state index is 12.5. The fourth-order valence-electron chi connectivity index (χ4n) is 2.04. The molecule has 0 radical (unpaired) electrons. The lowest BCUT2D eigenvalue weighted by Gasteiger charge is -2.11. The molecule has 0 saturated heterocycles. The molecule has 0 bridgehead atoms. The molecule has 1 N–H and O–H groups in total. The van der Waals surface area contributed by atoms with Crippen molar-refractivity contribution in [1.29, 1.82) is 0 Å². The van der Waals surface area contributed by atoms with Crippen molar-refractivity contribution in [1.82, 2.24) is 14.5 Å². The van der Waals surface area contributed by atoms with Crippen molar-refractivity contribution >= 4 is 23.3 Å². The topological polar surface area (TPSA) is 42.8 Å². The summed E-state index contributed by atoms with van der Waals surface area (Å²) in [6.45, 7) is -2.89. The summed E-state index contributed by atoms with van der Waals surface area (Å²) >= 11 is 5.24. The van der Waals surface area contributed by atoms with Crippen molar-refractivity contribution in [2.75, 3.05) is 0 Å². The molecule has 0 saturated carbocycles. The summed E-state index contributed by atoms with van der Waals surface area (Å²) in [6, 6.07) is 8.25. The lowest BCUT2D eigenvalue weighted by Crippen LogP contribution is -2.06. The van der Waals surface area contributed by atoms with Gasteiger partial charge in [-0.25, -0.2) is 0 Å². The normalized spacial score (nSPS) is 11.2. The Morgan fingerprint density at radius 1 is 1.25 bits per heavy atom. The number of H-pyrrole nitrogens is 1. The number of benzene rings is 1. The Labute approximate surface area is 117 Å². The highest BCUT2D eigenvalue weighted by Crippen LogP contribution is 2.27. The number of aromatic amines is 1. The molecule has 0 aliphatic heterocycles. The molecular formula is C13H9F2N3OS. The van der Waals surface area contributed by atoms with Crippen molar-refractivity contribution in [2.45, 2.75) is 6.61 Å². The van der Waals surface area contributed by atoms with Crippen molar-refractivity contribution in [3.8, 4) is 11.4 Å². The predicted octanol–water partition coefficient (Wildman–Crippen LogP) is 3.68. The first-order valence-corrected chi connectivity index (χ1v) is 6.16. The van der Waals surface area contributed by atoms with Crippen molar-refractivity contribution < 1.29 is 13.5 Å². The highest BCUT2D eigenvalue weighted by molar-refractivity contribution is 7.71. The standard InChI is InChI=1S/C13H9F2N3OS/c14-12(15)19-11-4-2-1-3-10(11)18-9-5-6-16-7-8(9)17-13(18)20/h1-7,12H,(H,17,20). The molecule has 102 valence electrons. The van der Waals surface area contributed by atoms with E-state index in [0.717, 1.165) is 11.0 Å². The van der Waals surface area contributed by atoms with Crippen molar-refractivity contribution in [3.05, 3.63) is 47.5 Å². The molecule has 0 unspecified atom stereocenters. The molecule has 4 nitrogen and oxygen atoms in total. The maximum Gasteiger partial charge on any atom is 0.387 e. The number of para-hydroxylation sites is 2. The minimum atomic E-state index is -2.89. The maximum absolute atomic E-state index is 12.5. The van der Waals surface area contributed by atoms with Gasteiger partial charge in [0.15, 0.2) is 4.77 Å². The second-order valence-electron chi connectivity index (χ2n) is 4.00. The molecule has 0 aliphatic carbocycles. The van der Waals surface area contributed by atoms with Crippen LogP contribution in [0.4, 0.5) is 8.78 Å².